The van der Waals surface area contributed by atoms with Crippen LogP contribution in [0.1, 0.15) is 19.4 Å². The van der Waals surface area contributed by atoms with Gasteiger partial charge < -0.3 is 4.90 Å². The van der Waals surface area contributed by atoms with Gasteiger partial charge in [0.05, 0.1) is 5.25 Å². The number of hydrogen-bond acceptors (Lipinski definition) is 4. The Balaban J connectivity index is 1.59. The number of rotatable bonds is 6. The highest BCUT2D eigenvalue weighted by molar-refractivity contribution is 8.00. The molecule has 29 heavy (non-hydrogen) atoms. The molecule has 1 aliphatic heterocycles. The molecule has 0 N–H and O–H groups in total. The fraction of sp³-hybridized carbons (Fsp3) is 0.261. The molecule has 5 nitrogen and oxygen atoms in total. The van der Waals surface area contributed by atoms with E-state index in [-0.39, 0.29) is 17.2 Å². The lowest BCUT2D eigenvalue weighted by Gasteiger charge is -2.25. The number of nitrogens with zero attached hydrogens (tertiary/aromatic N) is 4. The van der Waals surface area contributed by atoms with Crippen molar-refractivity contribution < 1.29 is 4.79 Å². The minimum atomic E-state index is -0.278. The molecule has 0 saturated heterocycles. The lowest BCUT2D eigenvalue weighted by molar-refractivity contribution is -0.118. The highest BCUT2D eigenvalue weighted by atomic mass is 32.2. The molecule has 2 atom stereocenters. The van der Waals surface area contributed by atoms with Crippen LogP contribution in [0.5, 0.6) is 0 Å². The van der Waals surface area contributed by atoms with Gasteiger partial charge in [-0.3, -0.25) is 9.36 Å². The van der Waals surface area contributed by atoms with Gasteiger partial charge in [-0.1, -0.05) is 66.4 Å². The Kier molecular flexibility index (Phi) is 5.53. The predicted octanol–water partition coefficient (Wildman–Crippen LogP) is 4.59. The molecule has 0 saturated carbocycles. The molecular weight excluding hydrogens is 380 g/mol. The molecule has 1 aliphatic rings. The van der Waals surface area contributed by atoms with Crippen LogP contribution in [0.4, 0.5) is 5.69 Å². The number of amides is 1. The van der Waals surface area contributed by atoms with Crippen LogP contribution in [-0.2, 0) is 17.8 Å². The second-order valence-corrected chi connectivity index (χ2v) is 8.53. The maximum absolute atomic E-state index is 13.3. The fourth-order valence-electron chi connectivity index (χ4n) is 3.78. The zero-order valence-electron chi connectivity index (χ0n) is 16.7. The summed E-state index contributed by atoms with van der Waals surface area (Å²) >= 11 is 1.45. The molecule has 0 spiro atoms. The third-order valence-electron chi connectivity index (χ3n) is 5.14. The second-order valence-electron chi connectivity index (χ2n) is 7.22. The Morgan fingerprint density at radius 3 is 2.69 bits per heavy atom. The quantitative estimate of drug-likeness (QED) is 0.445. The first-order valence-corrected chi connectivity index (χ1v) is 10.6. The highest BCUT2D eigenvalue weighted by Crippen LogP contribution is 2.35. The summed E-state index contributed by atoms with van der Waals surface area (Å²) < 4.78 is 2.01. The number of carbonyl (C=O) groups excluding carboxylic acids is 1. The molecule has 0 radical (unpaired) electrons. The van der Waals surface area contributed by atoms with Crippen molar-refractivity contribution in [2.45, 2.75) is 43.3 Å². The van der Waals surface area contributed by atoms with Gasteiger partial charge in [-0.25, -0.2) is 0 Å². The first-order chi connectivity index (χ1) is 14.1. The van der Waals surface area contributed by atoms with Crippen molar-refractivity contribution in [3.63, 3.8) is 0 Å². The molecule has 6 heteroatoms. The number of para-hydroxylation sites is 1. The average Bonchev–Trinajstić information content (AvgIpc) is 3.28. The minimum absolute atomic E-state index is 0.0989. The van der Waals surface area contributed by atoms with Crippen molar-refractivity contribution >= 4 is 23.4 Å². The average molecular weight is 405 g/mol. The van der Waals surface area contributed by atoms with Crippen molar-refractivity contribution in [2.75, 3.05) is 4.90 Å². The summed E-state index contributed by atoms with van der Waals surface area (Å²) in [5.41, 5.74) is 3.25. The van der Waals surface area contributed by atoms with Crippen LogP contribution in [-0.4, -0.2) is 32.0 Å². The molecule has 2 aromatic carbocycles. The number of anilines is 1. The molecule has 1 aromatic heterocycles. The summed E-state index contributed by atoms with van der Waals surface area (Å²) in [5, 5.41) is 9.21. The Hall–Kier alpha value is -2.86. The topological polar surface area (TPSA) is 51.0 Å². The molecule has 0 bridgehead atoms. The summed E-state index contributed by atoms with van der Waals surface area (Å²) in [6.45, 7) is 8.49. The van der Waals surface area contributed by atoms with Gasteiger partial charge in [-0.05, 0) is 31.9 Å². The van der Waals surface area contributed by atoms with Gasteiger partial charge in [0.2, 0.25) is 5.91 Å². The largest absolute Gasteiger partial charge is 0.308 e. The number of benzene rings is 2. The standard InChI is InChI=1S/C23H24N4OS/c1-4-14-26-21(18-10-6-5-7-11-18)24-25-23(26)29-17(3)22(28)27-16(2)15-19-12-8-9-13-20(19)27/h4-13,16-17H,1,14-15H2,2-3H3. The number of allylic oxidation sites excluding steroid dienone is 1. The Labute approximate surface area is 175 Å². The minimum Gasteiger partial charge on any atom is -0.308 e. The van der Waals surface area contributed by atoms with Crippen LogP contribution in [0.2, 0.25) is 0 Å². The lowest BCUT2D eigenvalue weighted by atomic mass is 10.1. The molecule has 148 valence electrons. The first-order valence-electron chi connectivity index (χ1n) is 9.77. The van der Waals surface area contributed by atoms with Crippen molar-refractivity contribution in [1.82, 2.24) is 14.8 Å². The van der Waals surface area contributed by atoms with Crippen LogP contribution in [0.3, 0.4) is 0 Å². The van der Waals surface area contributed by atoms with Gasteiger partial charge in [-0.15, -0.1) is 16.8 Å². The smallest absolute Gasteiger partial charge is 0.240 e. The van der Waals surface area contributed by atoms with Crippen LogP contribution < -0.4 is 4.90 Å². The van der Waals surface area contributed by atoms with E-state index in [0.29, 0.717) is 6.54 Å². The Bertz CT molecular complexity index is 1030. The highest BCUT2D eigenvalue weighted by Gasteiger charge is 2.34. The van der Waals surface area contributed by atoms with Crippen molar-refractivity contribution in [1.29, 1.82) is 0 Å². The van der Waals surface area contributed by atoms with Crippen molar-refractivity contribution in [3.8, 4) is 11.4 Å². The van der Waals surface area contributed by atoms with Gasteiger partial charge >= 0.3 is 0 Å². The molecule has 0 aliphatic carbocycles. The normalized spacial score (nSPS) is 16.5. The fourth-order valence-corrected chi connectivity index (χ4v) is 4.68. The Morgan fingerprint density at radius 1 is 1.21 bits per heavy atom. The number of thioether (sulfide) groups is 1. The zero-order chi connectivity index (χ0) is 20.4. The summed E-state index contributed by atoms with van der Waals surface area (Å²) in [6, 6.07) is 18.3. The second kappa shape index (κ2) is 8.25. The van der Waals surface area contributed by atoms with Crippen LogP contribution in [0.15, 0.2) is 72.4 Å². The van der Waals surface area contributed by atoms with Gasteiger partial charge in [0, 0.05) is 23.8 Å². The van der Waals surface area contributed by atoms with E-state index in [1.165, 1.54) is 17.3 Å². The lowest BCUT2D eigenvalue weighted by Crippen LogP contribution is -2.40. The van der Waals surface area contributed by atoms with Gasteiger partial charge in [0.25, 0.3) is 0 Å². The predicted molar refractivity (Wildman–Crippen MR) is 118 cm³/mol. The van der Waals surface area contributed by atoms with Crippen LogP contribution >= 0.6 is 11.8 Å². The van der Waals surface area contributed by atoms with Crippen LogP contribution in [0.25, 0.3) is 11.4 Å². The molecule has 2 unspecified atom stereocenters. The SMILES string of the molecule is C=CCn1c(SC(C)C(=O)N2c3ccccc3CC2C)nnc1-c1ccccc1. The molecule has 1 amide bonds. The van der Waals surface area contributed by atoms with E-state index < -0.39 is 0 Å². The van der Waals surface area contributed by atoms with E-state index >= 15 is 0 Å². The summed E-state index contributed by atoms with van der Waals surface area (Å²) in [4.78, 5) is 15.2. The number of carbonyl (C=O) groups is 1. The molecule has 4 rings (SSSR count). The monoisotopic (exact) mass is 404 g/mol. The van der Waals surface area contributed by atoms with Crippen LogP contribution in [0, 0.1) is 0 Å². The van der Waals surface area contributed by atoms with Crippen molar-refractivity contribution in [2.24, 2.45) is 0 Å². The summed E-state index contributed by atoms with van der Waals surface area (Å²) in [5.74, 6) is 0.884. The van der Waals surface area contributed by atoms with Gasteiger partial charge in [0.1, 0.15) is 0 Å². The molecule has 3 aromatic rings. The van der Waals surface area contributed by atoms with E-state index in [4.69, 9.17) is 0 Å². The number of hydrogen-bond donors (Lipinski definition) is 0. The Morgan fingerprint density at radius 2 is 1.93 bits per heavy atom. The molecular formula is C23H24N4OS. The third-order valence-corrected chi connectivity index (χ3v) is 6.20. The first kappa shape index (κ1) is 19.5. The van der Waals surface area contributed by atoms with E-state index in [1.807, 2.05) is 71.0 Å². The van der Waals surface area contributed by atoms with E-state index in [9.17, 15) is 4.79 Å². The van der Waals surface area contributed by atoms with E-state index in [0.717, 1.165) is 28.7 Å². The maximum atomic E-state index is 13.3. The number of aromatic nitrogens is 3. The third kappa shape index (κ3) is 3.72. The molecule has 2 heterocycles. The molecule has 0 fully saturated rings. The summed E-state index contributed by atoms with van der Waals surface area (Å²) in [6.07, 6.45) is 2.72. The number of fused-ring (bicyclic) bond motifs is 1. The summed E-state index contributed by atoms with van der Waals surface area (Å²) in [7, 11) is 0. The zero-order valence-corrected chi connectivity index (χ0v) is 17.5. The van der Waals surface area contributed by atoms with Gasteiger partial charge in [0.15, 0.2) is 11.0 Å². The maximum Gasteiger partial charge on any atom is 0.240 e. The van der Waals surface area contributed by atoms with Gasteiger partial charge in [-0.2, -0.15) is 0 Å². The van der Waals surface area contributed by atoms with E-state index in [1.54, 1.807) is 0 Å². The van der Waals surface area contributed by atoms with E-state index in [2.05, 4.69) is 29.8 Å². The van der Waals surface area contributed by atoms with Crippen molar-refractivity contribution in [3.05, 3.63) is 72.8 Å².